The van der Waals surface area contributed by atoms with Gasteiger partial charge in [-0.2, -0.15) is 0 Å². The van der Waals surface area contributed by atoms with Crippen molar-refractivity contribution in [3.8, 4) is 0 Å². The van der Waals surface area contributed by atoms with E-state index in [1.54, 1.807) is 0 Å². The minimum Gasteiger partial charge on any atom is -0.480 e. The molecule has 0 saturated carbocycles. The van der Waals surface area contributed by atoms with Gasteiger partial charge < -0.3 is 25.4 Å². The molecule has 0 aromatic rings. The molecule has 20 heavy (non-hydrogen) atoms. The van der Waals surface area contributed by atoms with Crippen molar-refractivity contribution in [2.45, 2.75) is 38.3 Å². The second kappa shape index (κ2) is 7.44. The predicted octanol–water partition coefficient (Wildman–Crippen LogP) is 0.260. The molecule has 0 bridgehead atoms. The predicted molar refractivity (Wildman–Crippen MR) is 74.7 cm³/mol. The van der Waals surface area contributed by atoms with Gasteiger partial charge in [-0.15, -0.1) is 0 Å². The number of urea groups is 1. The third kappa shape index (κ3) is 4.64. The summed E-state index contributed by atoms with van der Waals surface area (Å²) in [4.78, 5) is 25.3. The third-order valence-electron chi connectivity index (χ3n) is 3.74. The Morgan fingerprint density at radius 1 is 1.35 bits per heavy atom. The number of hydrogen-bond donors (Lipinski definition) is 3. The van der Waals surface area contributed by atoms with Crippen molar-refractivity contribution in [2.24, 2.45) is 0 Å². The highest BCUT2D eigenvalue weighted by atomic mass is 16.5. The van der Waals surface area contributed by atoms with Gasteiger partial charge in [-0.3, -0.25) is 0 Å². The molecule has 116 valence electrons. The van der Waals surface area contributed by atoms with Gasteiger partial charge >= 0.3 is 12.0 Å². The van der Waals surface area contributed by atoms with Crippen LogP contribution >= 0.6 is 0 Å². The Labute approximate surface area is 119 Å². The molecule has 1 rings (SSSR count). The lowest BCUT2D eigenvalue weighted by Crippen LogP contribution is -2.60. The van der Waals surface area contributed by atoms with Gasteiger partial charge in [0.15, 0.2) is 0 Å². The van der Waals surface area contributed by atoms with Crippen LogP contribution in [0.3, 0.4) is 0 Å². The van der Waals surface area contributed by atoms with E-state index in [1.807, 2.05) is 7.05 Å². The maximum absolute atomic E-state index is 11.8. The normalized spacial score (nSPS) is 18.1. The Kier molecular flexibility index (Phi) is 6.22. The van der Waals surface area contributed by atoms with Crippen LogP contribution in [-0.2, 0) is 9.53 Å². The second-order valence-electron chi connectivity index (χ2n) is 5.45. The molecule has 0 aromatic heterocycles. The van der Waals surface area contributed by atoms with E-state index < -0.39 is 17.5 Å². The van der Waals surface area contributed by atoms with Gasteiger partial charge in [0, 0.05) is 45.2 Å². The average molecular weight is 287 g/mol. The van der Waals surface area contributed by atoms with Crippen LogP contribution in [0.1, 0.15) is 26.7 Å². The first-order valence-electron chi connectivity index (χ1n) is 6.95. The van der Waals surface area contributed by atoms with Crippen LogP contribution in [-0.4, -0.2) is 66.9 Å². The Bertz CT molecular complexity index is 341. The van der Waals surface area contributed by atoms with Gasteiger partial charge in [0.1, 0.15) is 5.54 Å². The summed E-state index contributed by atoms with van der Waals surface area (Å²) in [6, 6.07) is -0.0350. The topological polar surface area (TPSA) is 90.9 Å². The van der Waals surface area contributed by atoms with E-state index in [0.717, 1.165) is 0 Å². The highest BCUT2D eigenvalue weighted by Gasteiger charge is 2.41. The van der Waals surface area contributed by atoms with Crippen LogP contribution in [0.2, 0.25) is 0 Å². The quantitative estimate of drug-likeness (QED) is 0.652. The first-order chi connectivity index (χ1) is 9.37. The number of carbonyl (C=O) groups is 2. The van der Waals surface area contributed by atoms with Crippen LogP contribution in [0.15, 0.2) is 0 Å². The molecule has 1 aliphatic heterocycles. The zero-order valence-corrected chi connectivity index (χ0v) is 12.4. The second-order valence-corrected chi connectivity index (χ2v) is 5.45. The van der Waals surface area contributed by atoms with E-state index in [2.05, 4.69) is 29.4 Å². The SMILES string of the molecule is CC(C)N(C)CCNC(=O)NC1(C(=O)O)CCOCC1. The van der Waals surface area contributed by atoms with Gasteiger partial charge in [-0.1, -0.05) is 0 Å². The van der Waals surface area contributed by atoms with Crippen molar-refractivity contribution in [2.75, 3.05) is 33.4 Å². The molecule has 0 spiro atoms. The number of carbonyl (C=O) groups excluding carboxylic acids is 1. The molecule has 2 amide bonds. The largest absolute Gasteiger partial charge is 0.480 e. The fraction of sp³-hybridized carbons (Fsp3) is 0.846. The highest BCUT2D eigenvalue weighted by molar-refractivity contribution is 5.86. The lowest BCUT2D eigenvalue weighted by Gasteiger charge is -2.33. The van der Waals surface area contributed by atoms with Gasteiger partial charge in [0.25, 0.3) is 0 Å². The van der Waals surface area contributed by atoms with Crippen LogP contribution < -0.4 is 10.6 Å². The van der Waals surface area contributed by atoms with Crippen molar-refractivity contribution in [1.82, 2.24) is 15.5 Å². The molecule has 0 unspecified atom stereocenters. The molecule has 0 radical (unpaired) electrons. The number of carboxylic acid groups (broad SMARTS) is 1. The molecule has 1 fully saturated rings. The molecular formula is C13H25N3O4. The van der Waals surface area contributed by atoms with Crippen LogP contribution in [0, 0.1) is 0 Å². The molecular weight excluding hydrogens is 262 g/mol. The van der Waals surface area contributed by atoms with E-state index in [4.69, 9.17) is 4.74 Å². The number of aliphatic carboxylic acids is 1. The third-order valence-corrected chi connectivity index (χ3v) is 3.74. The molecule has 0 atom stereocenters. The zero-order chi connectivity index (χ0) is 15.2. The Hall–Kier alpha value is -1.34. The van der Waals surface area contributed by atoms with Gasteiger partial charge in [-0.05, 0) is 20.9 Å². The van der Waals surface area contributed by atoms with Gasteiger partial charge in [-0.25, -0.2) is 9.59 Å². The van der Waals surface area contributed by atoms with Crippen molar-refractivity contribution in [1.29, 1.82) is 0 Å². The lowest BCUT2D eigenvalue weighted by atomic mass is 9.90. The number of likely N-dealkylation sites (N-methyl/N-ethyl adjacent to an activating group) is 1. The summed E-state index contributed by atoms with van der Waals surface area (Å²) in [6.07, 6.45) is 0.587. The molecule has 3 N–H and O–H groups in total. The van der Waals surface area contributed by atoms with Crippen LogP contribution in [0.25, 0.3) is 0 Å². The van der Waals surface area contributed by atoms with Gasteiger partial charge in [0.05, 0.1) is 0 Å². The summed E-state index contributed by atoms with van der Waals surface area (Å²) < 4.78 is 5.15. The maximum atomic E-state index is 11.8. The van der Waals surface area contributed by atoms with Crippen molar-refractivity contribution >= 4 is 12.0 Å². The minimum absolute atomic E-state index is 0.293. The molecule has 7 nitrogen and oxygen atoms in total. The summed E-state index contributed by atoms with van der Waals surface area (Å²) in [7, 11) is 1.97. The van der Waals surface area contributed by atoms with Crippen LogP contribution in [0.4, 0.5) is 4.79 Å². The van der Waals surface area contributed by atoms with Gasteiger partial charge in [0.2, 0.25) is 0 Å². The first kappa shape index (κ1) is 16.7. The maximum Gasteiger partial charge on any atom is 0.329 e. The van der Waals surface area contributed by atoms with E-state index in [-0.39, 0.29) is 0 Å². The lowest BCUT2D eigenvalue weighted by molar-refractivity contribution is -0.148. The van der Waals surface area contributed by atoms with E-state index in [9.17, 15) is 14.7 Å². The van der Waals surface area contributed by atoms with E-state index >= 15 is 0 Å². The first-order valence-corrected chi connectivity index (χ1v) is 6.95. The molecule has 1 aliphatic rings. The fourth-order valence-electron chi connectivity index (χ4n) is 1.98. The summed E-state index contributed by atoms with van der Waals surface area (Å²) in [5.74, 6) is -1.00. The van der Waals surface area contributed by atoms with E-state index in [0.29, 0.717) is 45.2 Å². The van der Waals surface area contributed by atoms with Crippen LogP contribution in [0.5, 0.6) is 0 Å². The summed E-state index contributed by atoms with van der Waals surface area (Å²) in [5.41, 5.74) is -1.20. The molecule has 1 saturated heterocycles. The Morgan fingerprint density at radius 3 is 2.45 bits per heavy atom. The Morgan fingerprint density at radius 2 is 1.95 bits per heavy atom. The summed E-state index contributed by atoms with van der Waals surface area (Å²) in [6.45, 7) is 6.04. The molecule has 0 aliphatic carbocycles. The summed E-state index contributed by atoms with van der Waals surface area (Å²) in [5, 5.41) is 14.6. The van der Waals surface area contributed by atoms with Crippen molar-refractivity contribution in [3.05, 3.63) is 0 Å². The smallest absolute Gasteiger partial charge is 0.329 e. The molecule has 1 heterocycles. The number of nitrogens with zero attached hydrogens (tertiary/aromatic N) is 1. The summed E-state index contributed by atoms with van der Waals surface area (Å²) >= 11 is 0. The number of nitrogens with one attached hydrogen (secondary N) is 2. The monoisotopic (exact) mass is 287 g/mol. The molecule has 0 aromatic carbocycles. The fourth-order valence-corrected chi connectivity index (χ4v) is 1.98. The number of amides is 2. The molecule has 7 heteroatoms. The number of carboxylic acids is 1. The standard InChI is InChI=1S/C13H25N3O4/c1-10(2)16(3)7-6-14-12(19)15-13(11(17)18)4-8-20-9-5-13/h10H,4-9H2,1-3H3,(H,17,18)(H2,14,15,19). The zero-order valence-electron chi connectivity index (χ0n) is 12.4. The Balaban J connectivity index is 2.41. The number of rotatable bonds is 6. The van der Waals surface area contributed by atoms with Crippen molar-refractivity contribution < 1.29 is 19.4 Å². The van der Waals surface area contributed by atoms with Crippen molar-refractivity contribution in [3.63, 3.8) is 0 Å². The number of hydrogen-bond acceptors (Lipinski definition) is 4. The number of ether oxygens (including phenoxy) is 1. The highest BCUT2D eigenvalue weighted by Crippen LogP contribution is 2.20. The minimum atomic E-state index is -1.20. The average Bonchev–Trinajstić information content (AvgIpc) is 2.39. The van der Waals surface area contributed by atoms with E-state index in [1.165, 1.54) is 0 Å².